The molecule has 1 fully saturated rings. The molecule has 4 N–H and O–H groups in total. The number of benzene rings is 2. The summed E-state index contributed by atoms with van der Waals surface area (Å²) in [6.07, 6.45) is 3.09. The highest BCUT2D eigenvalue weighted by atomic mass is 16.5. The van der Waals surface area contributed by atoms with Crippen LogP contribution < -0.4 is 26.8 Å². The molecule has 1 aliphatic rings. The van der Waals surface area contributed by atoms with Crippen LogP contribution in [0.15, 0.2) is 59.7 Å². The number of fused-ring (bicyclic) bond motifs is 1. The van der Waals surface area contributed by atoms with E-state index in [0.29, 0.717) is 34.9 Å². The maximum Gasteiger partial charge on any atom is 0.335 e. The molecule has 2 aromatic carbocycles. The van der Waals surface area contributed by atoms with Gasteiger partial charge in [0.15, 0.2) is 11.5 Å². The second-order valence-corrected chi connectivity index (χ2v) is 8.55. The standard InChI is InChI=1S/C25H27N7O3/c1-16(33)28-14-17-3-2-4-21(13-17)35-20-7-5-18(6-8-20)31-22-23(26)29-15-30-24(22)32(25(31)34)19-9-11-27-12-10-19/h2-8,13,15,19,27H,9-12,14H2,1H3,(H,28,33)(H2,26,29,30). The molecule has 10 nitrogen and oxygen atoms in total. The quantitative estimate of drug-likeness (QED) is 0.392. The molecule has 0 bridgehead atoms. The fourth-order valence-electron chi connectivity index (χ4n) is 4.45. The van der Waals surface area contributed by atoms with Gasteiger partial charge in [0.2, 0.25) is 5.91 Å². The van der Waals surface area contributed by atoms with Crippen molar-refractivity contribution in [2.24, 2.45) is 0 Å². The summed E-state index contributed by atoms with van der Waals surface area (Å²) >= 11 is 0. The molecule has 5 rings (SSSR count). The summed E-state index contributed by atoms with van der Waals surface area (Å²) in [5.74, 6) is 1.44. The molecule has 3 heterocycles. The third kappa shape index (κ3) is 4.60. The number of carbonyl (C=O) groups is 1. The first-order valence-electron chi connectivity index (χ1n) is 11.6. The minimum Gasteiger partial charge on any atom is -0.457 e. The van der Waals surface area contributed by atoms with Gasteiger partial charge in [0, 0.05) is 19.5 Å². The van der Waals surface area contributed by atoms with E-state index in [-0.39, 0.29) is 23.5 Å². The maximum absolute atomic E-state index is 13.6. The van der Waals surface area contributed by atoms with E-state index in [1.165, 1.54) is 13.3 Å². The van der Waals surface area contributed by atoms with E-state index in [4.69, 9.17) is 10.5 Å². The number of nitrogen functional groups attached to an aromatic ring is 1. The molecule has 1 aliphatic heterocycles. The number of nitrogens with zero attached hydrogens (tertiary/aromatic N) is 4. The normalized spacial score (nSPS) is 14.2. The molecular weight excluding hydrogens is 446 g/mol. The molecule has 0 atom stereocenters. The lowest BCUT2D eigenvalue weighted by atomic mass is 10.1. The third-order valence-electron chi connectivity index (χ3n) is 6.12. The van der Waals surface area contributed by atoms with E-state index in [0.717, 1.165) is 31.5 Å². The third-order valence-corrected chi connectivity index (χ3v) is 6.12. The Morgan fingerprint density at radius 1 is 1.14 bits per heavy atom. The summed E-state index contributed by atoms with van der Waals surface area (Å²) in [5, 5.41) is 6.11. The molecule has 180 valence electrons. The number of nitrogens with two attached hydrogens (primary N) is 1. The number of amides is 1. The summed E-state index contributed by atoms with van der Waals surface area (Å²) in [6, 6.07) is 14.8. The summed E-state index contributed by atoms with van der Waals surface area (Å²) in [5.41, 5.74) is 8.67. The zero-order valence-corrected chi connectivity index (χ0v) is 19.4. The van der Waals surface area contributed by atoms with Crippen molar-refractivity contribution in [3.63, 3.8) is 0 Å². The highest BCUT2D eigenvalue weighted by Gasteiger charge is 2.25. The lowest BCUT2D eigenvalue weighted by molar-refractivity contribution is -0.119. The van der Waals surface area contributed by atoms with Crippen molar-refractivity contribution < 1.29 is 9.53 Å². The van der Waals surface area contributed by atoms with Gasteiger partial charge in [-0.2, -0.15) is 0 Å². The van der Waals surface area contributed by atoms with Crippen LogP contribution in [0.5, 0.6) is 11.5 Å². The Kier molecular flexibility index (Phi) is 6.19. The van der Waals surface area contributed by atoms with Gasteiger partial charge < -0.3 is 21.1 Å². The zero-order valence-electron chi connectivity index (χ0n) is 19.4. The first-order chi connectivity index (χ1) is 17.0. The number of rotatable bonds is 6. The van der Waals surface area contributed by atoms with Crippen LogP contribution in [0.25, 0.3) is 16.9 Å². The molecule has 2 aromatic heterocycles. The Hall–Kier alpha value is -4.18. The summed E-state index contributed by atoms with van der Waals surface area (Å²) in [7, 11) is 0. The topological polar surface area (TPSA) is 129 Å². The largest absolute Gasteiger partial charge is 0.457 e. The van der Waals surface area contributed by atoms with Crippen molar-refractivity contribution in [2.75, 3.05) is 18.8 Å². The fourth-order valence-corrected chi connectivity index (χ4v) is 4.45. The van der Waals surface area contributed by atoms with Crippen molar-refractivity contribution in [3.8, 4) is 17.2 Å². The molecule has 0 spiro atoms. The van der Waals surface area contributed by atoms with E-state index < -0.39 is 0 Å². The van der Waals surface area contributed by atoms with Gasteiger partial charge in [-0.05, 0) is 67.9 Å². The van der Waals surface area contributed by atoms with Crippen molar-refractivity contribution in [3.05, 3.63) is 70.9 Å². The van der Waals surface area contributed by atoms with Gasteiger partial charge in [-0.1, -0.05) is 12.1 Å². The average Bonchev–Trinajstić information content (AvgIpc) is 3.17. The summed E-state index contributed by atoms with van der Waals surface area (Å²) in [4.78, 5) is 33.3. The van der Waals surface area contributed by atoms with Gasteiger partial charge in [-0.3, -0.25) is 13.9 Å². The lowest BCUT2D eigenvalue weighted by Gasteiger charge is -2.23. The fraction of sp³-hybridized carbons (Fsp3) is 0.280. The van der Waals surface area contributed by atoms with Gasteiger partial charge in [-0.25, -0.2) is 14.8 Å². The van der Waals surface area contributed by atoms with E-state index in [9.17, 15) is 9.59 Å². The molecule has 1 amide bonds. The molecule has 35 heavy (non-hydrogen) atoms. The monoisotopic (exact) mass is 473 g/mol. The summed E-state index contributed by atoms with van der Waals surface area (Å²) in [6.45, 7) is 3.61. The highest BCUT2D eigenvalue weighted by Crippen LogP contribution is 2.28. The number of piperidine rings is 1. The molecule has 10 heteroatoms. The van der Waals surface area contributed by atoms with E-state index in [2.05, 4.69) is 20.6 Å². The second kappa shape index (κ2) is 9.59. The van der Waals surface area contributed by atoms with Crippen LogP contribution in [-0.2, 0) is 11.3 Å². The average molecular weight is 474 g/mol. The zero-order chi connectivity index (χ0) is 24.4. The number of carbonyl (C=O) groups excluding carboxylic acids is 1. The predicted molar refractivity (Wildman–Crippen MR) is 133 cm³/mol. The minimum absolute atomic E-state index is 0.0502. The number of aromatic nitrogens is 4. The Labute approximate surface area is 201 Å². The lowest BCUT2D eigenvalue weighted by Crippen LogP contribution is -2.34. The predicted octanol–water partition coefficient (Wildman–Crippen LogP) is 2.52. The van der Waals surface area contributed by atoms with Gasteiger partial charge in [0.25, 0.3) is 0 Å². The van der Waals surface area contributed by atoms with Crippen molar-refractivity contribution >= 4 is 22.9 Å². The Balaban J connectivity index is 1.46. The molecule has 1 saturated heterocycles. The smallest absolute Gasteiger partial charge is 0.335 e. The van der Waals surface area contributed by atoms with E-state index >= 15 is 0 Å². The van der Waals surface area contributed by atoms with Crippen molar-refractivity contribution in [2.45, 2.75) is 32.4 Å². The Morgan fingerprint density at radius 2 is 1.91 bits per heavy atom. The van der Waals surface area contributed by atoms with Crippen LogP contribution in [0.2, 0.25) is 0 Å². The Morgan fingerprint density at radius 3 is 2.66 bits per heavy atom. The van der Waals surface area contributed by atoms with Crippen LogP contribution in [0.1, 0.15) is 31.4 Å². The molecule has 0 radical (unpaired) electrons. The summed E-state index contributed by atoms with van der Waals surface area (Å²) < 4.78 is 9.32. The van der Waals surface area contributed by atoms with Crippen LogP contribution >= 0.6 is 0 Å². The number of anilines is 1. The van der Waals surface area contributed by atoms with Crippen LogP contribution in [-0.4, -0.2) is 38.1 Å². The minimum atomic E-state index is -0.182. The van der Waals surface area contributed by atoms with Crippen molar-refractivity contribution in [1.82, 2.24) is 29.7 Å². The van der Waals surface area contributed by atoms with Gasteiger partial charge in [0.1, 0.15) is 23.3 Å². The number of nitrogens with one attached hydrogen (secondary N) is 2. The van der Waals surface area contributed by atoms with Gasteiger partial charge in [0.05, 0.1) is 5.69 Å². The van der Waals surface area contributed by atoms with Gasteiger partial charge >= 0.3 is 5.69 Å². The Bertz CT molecular complexity index is 1420. The molecule has 0 aliphatic carbocycles. The second-order valence-electron chi connectivity index (χ2n) is 8.55. The highest BCUT2D eigenvalue weighted by molar-refractivity contribution is 5.84. The maximum atomic E-state index is 13.6. The number of hydrogen-bond donors (Lipinski definition) is 3. The van der Waals surface area contributed by atoms with E-state index in [1.54, 1.807) is 21.3 Å². The van der Waals surface area contributed by atoms with Crippen molar-refractivity contribution in [1.29, 1.82) is 0 Å². The first-order valence-corrected chi connectivity index (χ1v) is 11.6. The molecule has 0 unspecified atom stereocenters. The number of hydrogen-bond acceptors (Lipinski definition) is 7. The molecule has 0 saturated carbocycles. The molecule has 4 aromatic rings. The first kappa shape index (κ1) is 22.6. The van der Waals surface area contributed by atoms with E-state index in [1.807, 2.05) is 36.4 Å². The van der Waals surface area contributed by atoms with Crippen LogP contribution in [0.4, 0.5) is 5.82 Å². The van der Waals surface area contributed by atoms with Crippen LogP contribution in [0, 0.1) is 0 Å². The van der Waals surface area contributed by atoms with Gasteiger partial charge in [-0.15, -0.1) is 0 Å². The van der Waals surface area contributed by atoms with Crippen LogP contribution in [0.3, 0.4) is 0 Å². The number of ether oxygens (including phenoxy) is 1. The number of imidazole rings is 1. The molecular formula is C25H27N7O3. The SMILES string of the molecule is CC(=O)NCc1cccc(Oc2ccc(-n3c(=O)n(C4CCNCC4)c4ncnc(N)c43)cc2)c1.